The van der Waals surface area contributed by atoms with Gasteiger partial charge in [-0.15, -0.1) is 0 Å². The van der Waals surface area contributed by atoms with Gasteiger partial charge in [0.15, 0.2) is 11.6 Å². The SMILES string of the molecule is CCc1cc(=O)[nH]c(-c2ccc(N3CCO[C@H](c4ccc(F)c(F)c4)C3)nc2)n1. The molecule has 0 amide bonds. The van der Waals surface area contributed by atoms with Crippen LogP contribution in [-0.2, 0) is 11.2 Å². The number of hydrogen-bond donors (Lipinski definition) is 1. The van der Waals surface area contributed by atoms with E-state index in [-0.39, 0.29) is 11.7 Å². The number of aromatic amines is 1. The van der Waals surface area contributed by atoms with E-state index < -0.39 is 11.6 Å². The van der Waals surface area contributed by atoms with Crippen LogP contribution in [0.2, 0.25) is 0 Å². The summed E-state index contributed by atoms with van der Waals surface area (Å²) >= 11 is 0. The first kappa shape index (κ1) is 19.2. The number of anilines is 1. The lowest BCUT2D eigenvalue weighted by atomic mass is 10.1. The lowest BCUT2D eigenvalue weighted by Gasteiger charge is -2.34. The van der Waals surface area contributed by atoms with Crippen molar-refractivity contribution >= 4 is 5.82 Å². The second-order valence-corrected chi connectivity index (χ2v) is 6.82. The van der Waals surface area contributed by atoms with Gasteiger partial charge < -0.3 is 14.6 Å². The third-order valence-corrected chi connectivity index (χ3v) is 4.88. The second kappa shape index (κ2) is 8.08. The Balaban J connectivity index is 1.53. The van der Waals surface area contributed by atoms with Gasteiger partial charge in [0.1, 0.15) is 17.7 Å². The Morgan fingerprint density at radius 3 is 2.79 bits per heavy atom. The fourth-order valence-corrected chi connectivity index (χ4v) is 3.31. The maximum Gasteiger partial charge on any atom is 0.251 e. The number of ether oxygens (including phenoxy) is 1. The standard InChI is InChI=1S/C21H20F2N4O2/c1-2-15-10-20(28)26-21(25-15)14-4-6-19(24-11-14)27-7-8-29-18(12-27)13-3-5-16(22)17(23)9-13/h3-6,9-11,18H,2,7-8,12H2,1H3,(H,25,26,28)/t18-/m0/s1. The van der Waals surface area contributed by atoms with Crippen LogP contribution >= 0.6 is 0 Å². The molecule has 6 nitrogen and oxygen atoms in total. The number of H-pyrrole nitrogens is 1. The fraction of sp³-hybridized carbons (Fsp3) is 0.286. The molecule has 0 aliphatic carbocycles. The normalized spacial score (nSPS) is 16.8. The van der Waals surface area contributed by atoms with Crippen LogP contribution in [0.5, 0.6) is 0 Å². The Kier molecular flexibility index (Phi) is 5.35. The van der Waals surface area contributed by atoms with Crippen molar-refractivity contribution in [3.63, 3.8) is 0 Å². The Labute approximate surface area is 166 Å². The number of pyridine rings is 1. The first-order valence-electron chi connectivity index (χ1n) is 9.41. The first-order chi connectivity index (χ1) is 14.0. The van der Waals surface area contributed by atoms with Crippen molar-refractivity contribution in [2.75, 3.05) is 24.6 Å². The quantitative estimate of drug-likeness (QED) is 0.731. The summed E-state index contributed by atoms with van der Waals surface area (Å²) in [5.74, 6) is -0.548. The van der Waals surface area contributed by atoms with E-state index >= 15 is 0 Å². The molecule has 3 aromatic rings. The molecule has 1 atom stereocenters. The first-order valence-corrected chi connectivity index (χ1v) is 9.41. The van der Waals surface area contributed by atoms with Crippen LogP contribution in [-0.4, -0.2) is 34.6 Å². The zero-order valence-corrected chi connectivity index (χ0v) is 15.9. The summed E-state index contributed by atoms with van der Waals surface area (Å²) in [5.41, 5.74) is 1.82. The predicted octanol–water partition coefficient (Wildman–Crippen LogP) is 3.25. The number of morpholine rings is 1. The Morgan fingerprint density at radius 1 is 1.21 bits per heavy atom. The van der Waals surface area contributed by atoms with E-state index in [1.807, 2.05) is 24.0 Å². The molecule has 1 aromatic carbocycles. The zero-order chi connectivity index (χ0) is 20.4. The summed E-state index contributed by atoms with van der Waals surface area (Å²) in [4.78, 5) is 25.5. The molecule has 1 aliphatic rings. The highest BCUT2D eigenvalue weighted by molar-refractivity contribution is 5.56. The minimum absolute atomic E-state index is 0.196. The van der Waals surface area contributed by atoms with Crippen molar-refractivity contribution in [3.05, 3.63) is 75.8 Å². The van der Waals surface area contributed by atoms with Gasteiger partial charge in [-0.2, -0.15) is 0 Å². The van der Waals surface area contributed by atoms with E-state index in [0.29, 0.717) is 43.1 Å². The molecule has 29 heavy (non-hydrogen) atoms. The molecular weight excluding hydrogens is 378 g/mol. The number of rotatable bonds is 4. The van der Waals surface area contributed by atoms with Gasteiger partial charge in [-0.05, 0) is 36.2 Å². The van der Waals surface area contributed by atoms with Crippen molar-refractivity contribution in [2.24, 2.45) is 0 Å². The zero-order valence-electron chi connectivity index (χ0n) is 15.9. The van der Waals surface area contributed by atoms with Gasteiger partial charge in [0.25, 0.3) is 5.56 Å². The van der Waals surface area contributed by atoms with Crippen LogP contribution in [0.1, 0.15) is 24.3 Å². The Bertz CT molecular complexity index is 1070. The summed E-state index contributed by atoms with van der Waals surface area (Å²) in [7, 11) is 0. The van der Waals surface area contributed by atoms with Gasteiger partial charge in [0.05, 0.1) is 6.61 Å². The van der Waals surface area contributed by atoms with E-state index in [9.17, 15) is 13.6 Å². The number of hydrogen-bond acceptors (Lipinski definition) is 5. The number of aryl methyl sites for hydroxylation is 1. The molecule has 8 heteroatoms. The number of aromatic nitrogens is 3. The molecule has 0 spiro atoms. The van der Waals surface area contributed by atoms with Crippen molar-refractivity contribution in [2.45, 2.75) is 19.4 Å². The third kappa shape index (κ3) is 4.17. The van der Waals surface area contributed by atoms with Crippen molar-refractivity contribution < 1.29 is 13.5 Å². The number of benzene rings is 1. The van der Waals surface area contributed by atoms with Crippen LogP contribution in [0.4, 0.5) is 14.6 Å². The fourth-order valence-electron chi connectivity index (χ4n) is 3.31. The van der Waals surface area contributed by atoms with E-state index in [2.05, 4.69) is 15.0 Å². The average molecular weight is 398 g/mol. The molecule has 3 heterocycles. The summed E-state index contributed by atoms with van der Waals surface area (Å²) < 4.78 is 32.5. The van der Waals surface area contributed by atoms with E-state index in [4.69, 9.17) is 4.74 Å². The van der Waals surface area contributed by atoms with Gasteiger partial charge in [-0.25, -0.2) is 18.7 Å². The van der Waals surface area contributed by atoms with Crippen LogP contribution < -0.4 is 10.5 Å². The molecule has 1 aliphatic heterocycles. The third-order valence-electron chi connectivity index (χ3n) is 4.88. The second-order valence-electron chi connectivity index (χ2n) is 6.82. The van der Waals surface area contributed by atoms with Crippen LogP contribution in [0.25, 0.3) is 11.4 Å². The lowest BCUT2D eigenvalue weighted by molar-refractivity contribution is 0.0393. The van der Waals surface area contributed by atoms with E-state index in [0.717, 1.165) is 17.6 Å². The minimum atomic E-state index is -0.887. The van der Waals surface area contributed by atoms with E-state index in [1.165, 1.54) is 18.2 Å². The van der Waals surface area contributed by atoms with Gasteiger partial charge in [0, 0.05) is 36.6 Å². The topological polar surface area (TPSA) is 71.1 Å². The summed E-state index contributed by atoms with van der Waals surface area (Å²) in [6, 6.07) is 8.99. The highest BCUT2D eigenvalue weighted by Gasteiger charge is 2.24. The van der Waals surface area contributed by atoms with Crippen molar-refractivity contribution in [1.82, 2.24) is 15.0 Å². The maximum atomic E-state index is 13.6. The molecule has 1 saturated heterocycles. The molecule has 4 rings (SSSR count). The van der Waals surface area contributed by atoms with Gasteiger partial charge in [-0.1, -0.05) is 13.0 Å². The number of halogens is 2. The number of nitrogens with zero attached hydrogens (tertiary/aromatic N) is 3. The van der Waals surface area contributed by atoms with Gasteiger partial charge in [0.2, 0.25) is 0 Å². The Morgan fingerprint density at radius 2 is 2.07 bits per heavy atom. The monoisotopic (exact) mass is 398 g/mol. The van der Waals surface area contributed by atoms with Crippen LogP contribution in [0, 0.1) is 11.6 Å². The summed E-state index contributed by atoms with van der Waals surface area (Å²) in [6.45, 7) is 3.49. The molecule has 150 valence electrons. The van der Waals surface area contributed by atoms with E-state index in [1.54, 1.807) is 6.20 Å². The molecule has 0 bridgehead atoms. The molecule has 0 unspecified atom stereocenters. The van der Waals surface area contributed by atoms with Gasteiger partial charge in [-0.3, -0.25) is 4.79 Å². The molecule has 1 N–H and O–H groups in total. The lowest BCUT2D eigenvalue weighted by Crippen LogP contribution is -2.38. The maximum absolute atomic E-state index is 13.6. The Hall–Kier alpha value is -3.13. The largest absolute Gasteiger partial charge is 0.370 e. The van der Waals surface area contributed by atoms with Crippen LogP contribution in [0.15, 0.2) is 47.4 Å². The van der Waals surface area contributed by atoms with Crippen LogP contribution in [0.3, 0.4) is 0 Å². The highest BCUT2D eigenvalue weighted by Crippen LogP contribution is 2.27. The summed E-state index contributed by atoms with van der Waals surface area (Å²) in [5, 5.41) is 0. The predicted molar refractivity (Wildman–Crippen MR) is 105 cm³/mol. The van der Waals surface area contributed by atoms with Crippen molar-refractivity contribution in [3.8, 4) is 11.4 Å². The summed E-state index contributed by atoms with van der Waals surface area (Å²) in [6.07, 6.45) is 1.95. The minimum Gasteiger partial charge on any atom is -0.370 e. The van der Waals surface area contributed by atoms with Crippen molar-refractivity contribution in [1.29, 1.82) is 0 Å². The molecule has 2 aromatic heterocycles. The molecule has 0 saturated carbocycles. The molecule has 0 radical (unpaired) electrons. The average Bonchev–Trinajstić information content (AvgIpc) is 2.75. The van der Waals surface area contributed by atoms with Gasteiger partial charge >= 0.3 is 0 Å². The highest BCUT2D eigenvalue weighted by atomic mass is 19.2. The molecular formula is C21H20F2N4O2. The number of nitrogens with one attached hydrogen (secondary N) is 1. The smallest absolute Gasteiger partial charge is 0.251 e. The molecule has 1 fully saturated rings.